The average Bonchev–Trinajstić information content (AvgIpc) is 2.72. The zero-order valence-corrected chi connectivity index (χ0v) is 18.9. The van der Waals surface area contributed by atoms with Gasteiger partial charge in [-0.1, -0.05) is 84.5 Å². The van der Waals surface area contributed by atoms with Gasteiger partial charge in [0.1, 0.15) is 6.61 Å². The van der Waals surface area contributed by atoms with E-state index in [1.807, 2.05) is 0 Å². The lowest BCUT2D eigenvalue weighted by Crippen LogP contribution is -2.22. The third kappa shape index (κ3) is 14.1. The molecule has 0 aliphatic carbocycles. The highest BCUT2D eigenvalue weighted by Gasteiger charge is 2.06. The number of hydrogen-bond acceptors (Lipinski definition) is 4. The monoisotopic (exact) mass is 404 g/mol. The summed E-state index contributed by atoms with van der Waals surface area (Å²) in [6.45, 7) is 6.80. The van der Waals surface area contributed by atoms with E-state index in [0.717, 1.165) is 12.5 Å². The number of esters is 1. The van der Waals surface area contributed by atoms with E-state index >= 15 is 0 Å². The number of anilines is 1. The maximum absolute atomic E-state index is 11.8. The lowest BCUT2D eigenvalue weighted by atomic mass is 9.96. The number of nitrogens with one attached hydrogen (secondary N) is 1. The summed E-state index contributed by atoms with van der Waals surface area (Å²) < 4.78 is 5.25. The fourth-order valence-electron chi connectivity index (χ4n) is 3.56. The summed E-state index contributed by atoms with van der Waals surface area (Å²) in [5, 5.41) is 3.35. The van der Waals surface area contributed by atoms with Gasteiger partial charge in [-0.15, -0.1) is 0 Å². The molecule has 1 rings (SSSR count). The highest BCUT2D eigenvalue weighted by atomic mass is 16.5. The number of benzene rings is 1. The molecule has 0 radical (unpaired) electrons. The predicted molar refractivity (Wildman–Crippen MR) is 124 cm³/mol. The number of carbonyl (C=O) groups is 1. The summed E-state index contributed by atoms with van der Waals surface area (Å²) in [5.41, 5.74) is 6.81. The fourth-order valence-corrected chi connectivity index (χ4v) is 3.56. The van der Waals surface area contributed by atoms with Gasteiger partial charge in [-0.2, -0.15) is 0 Å². The van der Waals surface area contributed by atoms with E-state index in [0.29, 0.717) is 24.4 Å². The minimum atomic E-state index is -0.290. The number of carbonyl (C=O) groups excluding carboxylic acids is 1. The summed E-state index contributed by atoms with van der Waals surface area (Å²) in [4.78, 5) is 11.8. The lowest BCUT2D eigenvalue weighted by molar-refractivity contribution is 0.0508. The molecule has 0 amide bonds. The van der Waals surface area contributed by atoms with Crippen LogP contribution in [0.15, 0.2) is 24.3 Å². The van der Waals surface area contributed by atoms with Crippen molar-refractivity contribution in [1.29, 1.82) is 0 Å². The molecule has 4 nitrogen and oxygen atoms in total. The van der Waals surface area contributed by atoms with Crippen LogP contribution in [-0.4, -0.2) is 25.7 Å². The second-order valence-electron chi connectivity index (χ2n) is 8.37. The first-order chi connectivity index (χ1) is 14.1. The molecule has 0 bridgehead atoms. The standard InChI is InChI=1S/C25H44N2O2/c1-3-4-5-10-13-22(2)14-11-8-6-7-9-12-19-27-20-21-29-25(28)23-15-17-24(26)18-16-23/h15-18,22,27H,3-14,19-21,26H2,1-2H3/t22-/m0/s1. The van der Waals surface area contributed by atoms with Crippen LogP contribution in [0.1, 0.15) is 101 Å². The summed E-state index contributed by atoms with van der Waals surface area (Å²) in [5.74, 6) is 0.618. The van der Waals surface area contributed by atoms with Gasteiger partial charge in [0.25, 0.3) is 0 Å². The molecule has 0 aliphatic heterocycles. The summed E-state index contributed by atoms with van der Waals surface area (Å²) in [6.07, 6.45) is 16.3. The van der Waals surface area contributed by atoms with Gasteiger partial charge in [-0.3, -0.25) is 0 Å². The van der Waals surface area contributed by atoms with Crippen LogP contribution in [0, 0.1) is 5.92 Å². The van der Waals surface area contributed by atoms with E-state index in [1.165, 1.54) is 77.0 Å². The van der Waals surface area contributed by atoms with E-state index in [1.54, 1.807) is 24.3 Å². The van der Waals surface area contributed by atoms with Crippen molar-refractivity contribution in [2.45, 2.75) is 90.9 Å². The zero-order valence-electron chi connectivity index (χ0n) is 18.9. The first kappa shape index (κ1) is 25.5. The van der Waals surface area contributed by atoms with Crippen LogP contribution < -0.4 is 11.1 Å². The van der Waals surface area contributed by atoms with Gasteiger partial charge >= 0.3 is 5.97 Å². The molecule has 1 aromatic carbocycles. The molecular formula is C25H44N2O2. The lowest BCUT2D eigenvalue weighted by Gasteiger charge is -2.11. The highest BCUT2D eigenvalue weighted by molar-refractivity contribution is 5.89. The summed E-state index contributed by atoms with van der Waals surface area (Å²) in [7, 11) is 0. The van der Waals surface area contributed by atoms with E-state index in [4.69, 9.17) is 10.5 Å². The van der Waals surface area contributed by atoms with Crippen LogP contribution in [-0.2, 0) is 4.74 Å². The average molecular weight is 405 g/mol. The van der Waals surface area contributed by atoms with Gasteiger partial charge < -0.3 is 15.8 Å². The smallest absolute Gasteiger partial charge is 0.338 e. The van der Waals surface area contributed by atoms with Gasteiger partial charge in [0.15, 0.2) is 0 Å². The Morgan fingerprint density at radius 2 is 1.48 bits per heavy atom. The number of ether oxygens (including phenoxy) is 1. The van der Waals surface area contributed by atoms with Crippen molar-refractivity contribution in [1.82, 2.24) is 5.32 Å². The van der Waals surface area contributed by atoms with Crippen LogP contribution in [0.25, 0.3) is 0 Å². The Hall–Kier alpha value is -1.55. The Bertz CT molecular complexity index is 516. The van der Waals surface area contributed by atoms with Crippen LogP contribution >= 0.6 is 0 Å². The maximum Gasteiger partial charge on any atom is 0.338 e. The van der Waals surface area contributed by atoms with Crippen molar-refractivity contribution in [3.05, 3.63) is 29.8 Å². The molecule has 1 atom stereocenters. The molecular weight excluding hydrogens is 360 g/mol. The number of rotatable bonds is 18. The van der Waals surface area contributed by atoms with Crippen LogP contribution in [0.4, 0.5) is 5.69 Å². The van der Waals surface area contributed by atoms with Crippen LogP contribution in [0.2, 0.25) is 0 Å². The molecule has 0 aromatic heterocycles. The van der Waals surface area contributed by atoms with E-state index in [9.17, 15) is 4.79 Å². The minimum absolute atomic E-state index is 0.290. The summed E-state index contributed by atoms with van der Waals surface area (Å²) in [6, 6.07) is 6.81. The largest absolute Gasteiger partial charge is 0.461 e. The second kappa shape index (κ2) is 17.3. The Morgan fingerprint density at radius 3 is 2.14 bits per heavy atom. The Kier molecular flexibility index (Phi) is 15.2. The molecule has 0 saturated heterocycles. The third-order valence-corrected chi connectivity index (χ3v) is 5.51. The predicted octanol–water partition coefficient (Wildman–Crippen LogP) is 6.35. The van der Waals surface area contributed by atoms with Crippen LogP contribution in [0.3, 0.4) is 0 Å². The maximum atomic E-state index is 11.8. The van der Waals surface area contributed by atoms with Crippen molar-refractivity contribution in [2.75, 3.05) is 25.4 Å². The quantitative estimate of drug-likeness (QED) is 0.170. The van der Waals surface area contributed by atoms with E-state index in [2.05, 4.69) is 19.2 Å². The van der Waals surface area contributed by atoms with Gasteiger partial charge in [0.05, 0.1) is 5.56 Å². The Morgan fingerprint density at radius 1 is 0.897 bits per heavy atom. The molecule has 3 N–H and O–H groups in total. The zero-order chi connectivity index (χ0) is 21.2. The topological polar surface area (TPSA) is 64.3 Å². The Balaban J connectivity index is 1.83. The molecule has 0 heterocycles. The van der Waals surface area contributed by atoms with Crippen LogP contribution in [0.5, 0.6) is 0 Å². The molecule has 29 heavy (non-hydrogen) atoms. The first-order valence-electron chi connectivity index (χ1n) is 11.9. The van der Waals surface area contributed by atoms with Crippen molar-refractivity contribution < 1.29 is 9.53 Å². The fraction of sp³-hybridized carbons (Fsp3) is 0.720. The molecule has 0 fully saturated rings. The third-order valence-electron chi connectivity index (χ3n) is 5.51. The number of unbranched alkanes of at least 4 members (excludes halogenated alkanes) is 8. The van der Waals surface area contributed by atoms with Gasteiger partial charge in [-0.05, 0) is 43.1 Å². The molecule has 0 spiro atoms. The molecule has 0 aliphatic rings. The second-order valence-corrected chi connectivity index (χ2v) is 8.37. The first-order valence-corrected chi connectivity index (χ1v) is 11.9. The van der Waals surface area contributed by atoms with E-state index in [-0.39, 0.29) is 5.97 Å². The van der Waals surface area contributed by atoms with Crippen molar-refractivity contribution in [2.24, 2.45) is 5.92 Å². The number of hydrogen-bond donors (Lipinski definition) is 2. The minimum Gasteiger partial charge on any atom is -0.461 e. The van der Waals surface area contributed by atoms with Crippen molar-refractivity contribution >= 4 is 11.7 Å². The van der Waals surface area contributed by atoms with Crippen molar-refractivity contribution in [3.63, 3.8) is 0 Å². The number of nitrogen functional groups attached to an aromatic ring is 1. The SMILES string of the molecule is CCCCCC[C@H](C)CCCCCCCCNCCOC(=O)c1ccc(N)cc1. The highest BCUT2D eigenvalue weighted by Crippen LogP contribution is 2.17. The van der Waals surface area contributed by atoms with Gasteiger partial charge in [0, 0.05) is 12.2 Å². The van der Waals surface area contributed by atoms with Gasteiger partial charge in [-0.25, -0.2) is 4.79 Å². The normalized spacial score (nSPS) is 12.1. The van der Waals surface area contributed by atoms with Gasteiger partial charge in [0.2, 0.25) is 0 Å². The van der Waals surface area contributed by atoms with E-state index < -0.39 is 0 Å². The Labute approximate surface area is 179 Å². The molecule has 4 heteroatoms. The van der Waals surface area contributed by atoms with Crippen molar-refractivity contribution in [3.8, 4) is 0 Å². The molecule has 166 valence electrons. The summed E-state index contributed by atoms with van der Waals surface area (Å²) >= 11 is 0. The molecule has 0 saturated carbocycles. The molecule has 0 unspecified atom stereocenters. The number of nitrogens with two attached hydrogens (primary N) is 1. The molecule has 1 aromatic rings.